The first kappa shape index (κ1) is 26.8. The molecule has 37 heavy (non-hydrogen) atoms. The lowest BCUT2D eigenvalue weighted by molar-refractivity contribution is -0.119. The smallest absolute Gasteiger partial charge is 0.254 e. The van der Waals surface area contributed by atoms with E-state index in [1.807, 2.05) is 0 Å². The lowest BCUT2D eigenvalue weighted by Crippen LogP contribution is -2.45. The number of halogens is 2. The molecule has 1 heterocycles. The summed E-state index contributed by atoms with van der Waals surface area (Å²) in [6.45, 7) is 1.15. The summed E-state index contributed by atoms with van der Waals surface area (Å²) >= 11 is 6.01. The molecule has 2 aromatic rings. The van der Waals surface area contributed by atoms with E-state index in [9.17, 15) is 14.7 Å². The molecule has 2 atom stereocenters. The standard InChI is InChI=1S/C27H31ClFN5O3/c1-15(36)32-20-8-5-16(6-9-20)23-13-31-26(30)25(33-23)18-7-10-21(22(29)12-18)27(37)34-24(14-35)17-3-2-4-19(28)11-17/h2-4,7,10-13,16,20,24,26,31,35H,5-6,8-9,14,30H2,1H3,(H,32,36)(H,34,37)/t16-,20+,24-,26?/m1/s1. The first-order valence-electron chi connectivity index (χ1n) is 12.3. The van der Waals surface area contributed by atoms with Crippen molar-refractivity contribution in [1.82, 2.24) is 16.0 Å². The molecule has 8 nitrogen and oxygen atoms in total. The van der Waals surface area contributed by atoms with Gasteiger partial charge in [0.05, 0.1) is 29.6 Å². The third-order valence-corrected chi connectivity index (χ3v) is 6.99. The Morgan fingerprint density at radius 3 is 2.62 bits per heavy atom. The summed E-state index contributed by atoms with van der Waals surface area (Å²) < 4.78 is 15.1. The quantitative estimate of drug-likeness (QED) is 0.378. The summed E-state index contributed by atoms with van der Waals surface area (Å²) in [4.78, 5) is 28.9. The molecule has 0 spiro atoms. The summed E-state index contributed by atoms with van der Waals surface area (Å²) in [7, 11) is 0. The van der Waals surface area contributed by atoms with E-state index in [-0.39, 0.29) is 30.0 Å². The number of hydrogen-bond acceptors (Lipinski definition) is 6. The van der Waals surface area contributed by atoms with Crippen LogP contribution >= 0.6 is 11.6 Å². The highest BCUT2D eigenvalue weighted by Gasteiger charge is 2.28. The summed E-state index contributed by atoms with van der Waals surface area (Å²) in [5, 5.41) is 18.9. The maximum Gasteiger partial charge on any atom is 0.254 e. The summed E-state index contributed by atoms with van der Waals surface area (Å²) in [5.41, 5.74) is 8.46. The Morgan fingerprint density at radius 2 is 1.97 bits per heavy atom. The molecule has 6 N–H and O–H groups in total. The fourth-order valence-corrected chi connectivity index (χ4v) is 5.02. The van der Waals surface area contributed by atoms with Gasteiger partial charge in [-0.15, -0.1) is 0 Å². The van der Waals surface area contributed by atoms with Crippen molar-refractivity contribution >= 4 is 29.1 Å². The maximum absolute atomic E-state index is 15.1. The Balaban J connectivity index is 1.47. The van der Waals surface area contributed by atoms with E-state index in [4.69, 9.17) is 22.3 Å². The maximum atomic E-state index is 15.1. The van der Waals surface area contributed by atoms with E-state index in [1.54, 1.807) is 36.5 Å². The Labute approximate surface area is 220 Å². The minimum absolute atomic E-state index is 0.0243. The van der Waals surface area contributed by atoms with Gasteiger partial charge >= 0.3 is 0 Å². The number of carbonyl (C=O) groups excluding carboxylic acids is 2. The highest BCUT2D eigenvalue weighted by molar-refractivity contribution is 6.30. The van der Waals surface area contributed by atoms with Crippen LogP contribution in [0.25, 0.3) is 0 Å². The molecule has 10 heteroatoms. The number of hydrogen-bond donors (Lipinski definition) is 5. The SMILES string of the molecule is CC(=O)N[C@H]1CC[C@@H](C2=CNC(N)C(c3ccc(C(=O)N[C@H](CO)c4cccc(Cl)c4)c(F)c3)=N2)CC1. The van der Waals surface area contributed by atoms with Crippen LogP contribution in [-0.4, -0.2) is 41.4 Å². The van der Waals surface area contributed by atoms with E-state index >= 15 is 4.39 Å². The van der Waals surface area contributed by atoms with E-state index in [1.165, 1.54) is 19.1 Å². The van der Waals surface area contributed by atoms with Gasteiger partial charge in [-0.25, -0.2) is 4.39 Å². The molecular weight excluding hydrogens is 497 g/mol. The molecule has 2 amide bonds. The Morgan fingerprint density at radius 1 is 1.22 bits per heavy atom. The first-order valence-corrected chi connectivity index (χ1v) is 12.7. The third-order valence-electron chi connectivity index (χ3n) is 6.76. The van der Waals surface area contributed by atoms with Crippen LogP contribution in [0.15, 0.2) is 59.4 Å². The van der Waals surface area contributed by atoms with Gasteiger partial charge in [0.25, 0.3) is 5.91 Å². The molecule has 2 aliphatic rings. The predicted molar refractivity (Wildman–Crippen MR) is 140 cm³/mol. The van der Waals surface area contributed by atoms with Crippen molar-refractivity contribution in [2.45, 2.75) is 50.9 Å². The van der Waals surface area contributed by atoms with Crippen LogP contribution in [0, 0.1) is 11.7 Å². The molecule has 0 radical (unpaired) electrons. The van der Waals surface area contributed by atoms with E-state index in [2.05, 4.69) is 16.0 Å². The number of nitrogens with two attached hydrogens (primary N) is 1. The second-order valence-corrected chi connectivity index (χ2v) is 9.85. The third kappa shape index (κ3) is 6.54. The zero-order valence-corrected chi connectivity index (χ0v) is 21.3. The van der Waals surface area contributed by atoms with Gasteiger partial charge in [0.15, 0.2) is 0 Å². The number of nitrogens with one attached hydrogen (secondary N) is 3. The molecule has 2 aromatic carbocycles. The van der Waals surface area contributed by atoms with Gasteiger partial charge in [-0.05, 0) is 55.5 Å². The molecule has 4 rings (SSSR count). The van der Waals surface area contributed by atoms with Crippen molar-refractivity contribution in [3.63, 3.8) is 0 Å². The number of carbonyl (C=O) groups is 2. The van der Waals surface area contributed by atoms with E-state index < -0.39 is 23.9 Å². The first-order chi connectivity index (χ1) is 17.7. The molecule has 0 aromatic heterocycles. The highest BCUT2D eigenvalue weighted by Crippen LogP contribution is 2.32. The molecule has 196 valence electrons. The zero-order chi connectivity index (χ0) is 26.5. The monoisotopic (exact) mass is 527 g/mol. The van der Waals surface area contributed by atoms with Crippen LogP contribution in [0.5, 0.6) is 0 Å². The largest absolute Gasteiger partial charge is 0.394 e. The number of rotatable bonds is 7. The normalized spacial score (nSPS) is 22.2. The number of amides is 2. The van der Waals surface area contributed by atoms with Crippen molar-refractivity contribution < 1.29 is 19.1 Å². The molecule has 1 aliphatic heterocycles. The van der Waals surface area contributed by atoms with Crippen LogP contribution in [0.1, 0.15) is 60.1 Å². The summed E-state index contributed by atoms with van der Waals surface area (Å²) in [5.74, 6) is -1.20. The van der Waals surface area contributed by atoms with Gasteiger partial charge in [0.1, 0.15) is 12.0 Å². The van der Waals surface area contributed by atoms with Crippen molar-refractivity contribution in [3.05, 3.63) is 81.9 Å². The van der Waals surface area contributed by atoms with Crippen LogP contribution in [0.2, 0.25) is 5.02 Å². The van der Waals surface area contributed by atoms with Crippen LogP contribution in [-0.2, 0) is 4.79 Å². The Kier molecular flexibility index (Phi) is 8.58. The lowest BCUT2D eigenvalue weighted by atomic mass is 9.84. The van der Waals surface area contributed by atoms with E-state index in [0.717, 1.165) is 31.4 Å². The topological polar surface area (TPSA) is 129 Å². The Hall–Kier alpha value is -3.27. The lowest BCUT2D eigenvalue weighted by Gasteiger charge is -2.31. The van der Waals surface area contributed by atoms with Crippen LogP contribution in [0.3, 0.4) is 0 Å². The molecule has 0 saturated heterocycles. The average molecular weight is 528 g/mol. The molecule has 1 aliphatic carbocycles. The highest BCUT2D eigenvalue weighted by atomic mass is 35.5. The fourth-order valence-electron chi connectivity index (χ4n) is 4.82. The van der Waals surface area contributed by atoms with Gasteiger partial charge in [-0.3, -0.25) is 14.6 Å². The second-order valence-electron chi connectivity index (χ2n) is 9.42. The Bertz CT molecular complexity index is 1230. The number of aliphatic imine (C=N–C) groups is 1. The number of benzene rings is 2. The van der Waals surface area contributed by atoms with Crippen molar-refractivity contribution in [2.75, 3.05) is 6.61 Å². The number of aliphatic hydroxyl groups is 1. The van der Waals surface area contributed by atoms with Crippen molar-refractivity contribution in [1.29, 1.82) is 0 Å². The second kappa shape index (κ2) is 11.9. The van der Waals surface area contributed by atoms with Crippen molar-refractivity contribution in [2.24, 2.45) is 16.6 Å². The van der Waals surface area contributed by atoms with Gasteiger partial charge in [0, 0.05) is 35.7 Å². The molecule has 1 fully saturated rings. The molecule has 1 saturated carbocycles. The molecular formula is C27H31ClFN5O3. The summed E-state index contributed by atoms with van der Waals surface area (Å²) in [6.07, 6.45) is 4.65. The minimum Gasteiger partial charge on any atom is -0.394 e. The van der Waals surface area contributed by atoms with Gasteiger partial charge in [-0.1, -0.05) is 29.8 Å². The van der Waals surface area contributed by atoms with Gasteiger partial charge < -0.3 is 26.8 Å². The van der Waals surface area contributed by atoms with E-state index in [0.29, 0.717) is 21.9 Å². The van der Waals surface area contributed by atoms with Crippen LogP contribution < -0.4 is 21.7 Å². The summed E-state index contributed by atoms with van der Waals surface area (Å²) in [6, 6.07) is 10.4. The average Bonchev–Trinajstić information content (AvgIpc) is 2.87. The van der Waals surface area contributed by atoms with Gasteiger partial charge in [0.2, 0.25) is 5.91 Å². The van der Waals surface area contributed by atoms with Crippen molar-refractivity contribution in [3.8, 4) is 0 Å². The number of aliphatic hydroxyl groups excluding tert-OH is 1. The zero-order valence-electron chi connectivity index (χ0n) is 20.5. The van der Waals surface area contributed by atoms with Crippen LogP contribution in [0.4, 0.5) is 4.39 Å². The minimum atomic E-state index is -0.737. The predicted octanol–water partition coefficient (Wildman–Crippen LogP) is 3.16. The molecule has 0 bridgehead atoms. The number of allylic oxidation sites excluding steroid dienone is 1. The fraction of sp³-hybridized carbons (Fsp3) is 0.370. The number of nitrogens with zero attached hydrogens (tertiary/aromatic N) is 1. The van der Waals surface area contributed by atoms with Gasteiger partial charge in [-0.2, -0.15) is 0 Å². The molecule has 1 unspecified atom stereocenters.